The molecule has 1 aliphatic rings. The zero-order valence-electron chi connectivity index (χ0n) is 18.9. The average Bonchev–Trinajstić information content (AvgIpc) is 3.30. The molecule has 0 unspecified atom stereocenters. The zero-order chi connectivity index (χ0) is 25.9. The van der Waals surface area contributed by atoms with Gasteiger partial charge in [0.05, 0.1) is 6.10 Å². The Kier molecular flexibility index (Phi) is 9.37. The summed E-state index contributed by atoms with van der Waals surface area (Å²) in [6, 6.07) is 12.8. The fourth-order valence-electron chi connectivity index (χ4n) is 3.39. The summed E-state index contributed by atoms with van der Waals surface area (Å²) in [6.45, 7) is -2.90. The molecule has 0 spiro atoms. The molecule has 0 atom stereocenters. The van der Waals surface area contributed by atoms with Gasteiger partial charge in [0.2, 0.25) is 0 Å². The molecule has 1 aromatic heterocycles. The number of benzene rings is 2. The lowest BCUT2D eigenvalue weighted by Crippen LogP contribution is -2.19. The van der Waals surface area contributed by atoms with Gasteiger partial charge in [0.25, 0.3) is 0 Å². The largest absolute Gasteiger partial charge is 0.503 e. The molecule has 0 bridgehead atoms. The van der Waals surface area contributed by atoms with Crippen LogP contribution in [0, 0.1) is 0 Å². The van der Waals surface area contributed by atoms with Crippen molar-refractivity contribution in [3.8, 4) is 11.5 Å². The highest BCUT2D eigenvalue weighted by Crippen LogP contribution is 2.25. The van der Waals surface area contributed by atoms with Crippen molar-refractivity contribution in [3.63, 3.8) is 0 Å². The number of carbonyl (C=O) groups excluding carboxylic acids is 1. The lowest BCUT2D eigenvalue weighted by molar-refractivity contribution is -0.0498. The van der Waals surface area contributed by atoms with Gasteiger partial charge < -0.3 is 34.7 Å². The van der Waals surface area contributed by atoms with Gasteiger partial charge in [0.1, 0.15) is 11.5 Å². The summed E-state index contributed by atoms with van der Waals surface area (Å²) < 4.78 is 40.0. The molecule has 1 amide bonds. The third-order valence-electron chi connectivity index (χ3n) is 4.92. The molecule has 2 aromatic carbocycles. The molecule has 36 heavy (non-hydrogen) atoms. The second-order valence-electron chi connectivity index (χ2n) is 7.58. The minimum absolute atomic E-state index is 0.0195. The number of carbonyl (C=O) groups is 2. The van der Waals surface area contributed by atoms with Crippen LogP contribution in [0.1, 0.15) is 42.8 Å². The summed E-state index contributed by atoms with van der Waals surface area (Å²) in [7, 11) is 0. The Labute approximate surface area is 204 Å². The van der Waals surface area contributed by atoms with Crippen LogP contribution >= 0.6 is 0 Å². The monoisotopic (exact) mass is 506 g/mol. The second-order valence-corrected chi connectivity index (χ2v) is 7.58. The molecule has 13 heteroatoms. The molecular weight excluding hydrogens is 482 g/mol. The molecule has 4 N–H and O–H groups in total. The van der Waals surface area contributed by atoms with Crippen LogP contribution in [0.3, 0.4) is 0 Å². The lowest BCUT2D eigenvalue weighted by atomic mass is 9.98. The van der Waals surface area contributed by atoms with E-state index in [1.54, 1.807) is 12.1 Å². The Morgan fingerprint density at radius 2 is 1.50 bits per heavy atom. The van der Waals surface area contributed by atoms with E-state index in [9.17, 15) is 13.6 Å². The van der Waals surface area contributed by atoms with Crippen LogP contribution in [-0.4, -0.2) is 45.2 Å². The van der Waals surface area contributed by atoms with Crippen molar-refractivity contribution in [1.29, 1.82) is 0 Å². The van der Waals surface area contributed by atoms with Gasteiger partial charge in [-0.05, 0) is 74.2 Å². The van der Waals surface area contributed by atoms with Crippen LogP contribution < -0.4 is 20.1 Å². The fourth-order valence-corrected chi connectivity index (χ4v) is 3.39. The van der Waals surface area contributed by atoms with Gasteiger partial charge in [-0.3, -0.25) is 4.79 Å². The predicted octanol–water partition coefficient (Wildman–Crippen LogP) is 5.60. The normalized spacial score (nSPS) is 13.3. The molecule has 4 rings (SSSR count). The minimum atomic E-state index is -2.90. The first-order chi connectivity index (χ1) is 17.3. The van der Waals surface area contributed by atoms with Crippen molar-refractivity contribution in [2.24, 2.45) is 0 Å². The van der Waals surface area contributed by atoms with E-state index in [0.29, 0.717) is 11.4 Å². The number of aromatic nitrogens is 2. The van der Waals surface area contributed by atoms with Gasteiger partial charge in [0.15, 0.2) is 0 Å². The van der Waals surface area contributed by atoms with E-state index < -0.39 is 18.7 Å². The van der Waals surface area contributed by atoms with Gasteiger partial charge in [-0.15, -0.1) is 5.10 Å². The fraction of sp³-hybridized carbons (Fsp3) is 0.304. The number of hydrogen-bond acceptors (Lipinski definition) is 8. The van der Waals surface area contributed by atoms with Crippen molar-refractivity contribution < 1.29 is 42.5 Å². The number of amides is 1. The minimum Gasteiger partial charge on any atom is -0.490 e. The van der Waals surface area contributed by atoms with Crippen molar-refractivity contribution >= 4 is 29.5 Å². The first kappa shape index (κ1) is 26.2. The molecule has 1 aliphatic carbocycles. The van der Waals surface area contributed by atoms with Gasteiger partial charge >= 0.3 is 30.6 Å². The number of alkyl halides is 2. The Hall–Kier alpha value is -4.42. The number of anilines is 3. The van der Waals surface area contributed by atoms with Crippen LogP contribution in [0.25, 0.3) is 0 Å². The molecule has 0 aliphatic heterocycles. The first-order valence-electron chi connectivity index (χ1n) is 10.9. The smallest absolute Gasteiger partial charge is 0.490 e. The maximum atomic E-state index is 12.4. The highest BCUT2D eigenvalue weighted by atomic mass is 19.3. The molecule has 1 saturated carbocycles. The molecule has 0 radical (unpaired) electrons. The highest BCUT2D eigenvalue weighted by molar-refractivity contribution is 6.00. The Bertz CT molecular complexity index is 1110. The number of nitrogens with zero attached hydrogens (tertiary/aromatic N) is 2. The molecule has 1 fully saturated rings. The number of rotatable bonds is 8. The Morgan fingerprint density at radius 3 is 2.11 bits per heavy atom. The number of carboxylic acid groups (broad SMARTS) is 2. The standard InChI is InChI=1S/C22H22F2N4O4.CH2O3/c23-21(24)31-18-12-8-15(9-13-18)26-22-28-27-20(32-22)19(29)25-14-6-10-17(11-7-14)30-16-4-2-1-3-5-16;2-1(3)4/h6-13,16,21H,1-5H2,(H,25,29)(H,26,28);(H2,2,3,4). The molecule has 192 valence electrons. The predicted molar refractivity (Wildman–Crippen MR) is 123 cm³/mol. The van der Waals surface area contributed by atoms with Gasteiger partial charge in [-0.25, -0.2) is 4.79 Å². The topological polar surface area (TPSA) is 156 Å². The van der Waals surface area contributed by atoms with Gasteiger partial charge in [-0.2, -0.15) is 8.78 Å². The summed E-state index contributed by atoms with van der Waals surface area (Å²) in [4.78, 5) is 20.9. The van der Waals surface area contributed by atoms with E-state index in [4.69, 9.17) is 24.2 Å². The van der Waals surface area contributed by atoms with E-state index in [1.807, 2.05) is 12.1 Å². The van der Waals surface area contributed by atoms with E-state index in [1.165, 1.54) is 43.5 Å². The third-order valence-corrected chi connectivity index (χ3v) is 4.92. The molecule has 1 heterocycles. The van der Waals surface area contributed by atoms with E-state index >= 15 is 0 Å². The summed E-state index contributed by atoms with van der Waals surface area (Å²) in [5.41, 5.74) is 1.06. The van der Waals surface area contributed by atoms with Crippen LogP contribution in [0.4, 0.5) is 31.0 Å². The van der Waals surface area contributed by atoms with E-state index in [0.717, 1.165) is 18.6 Å². The van der Waals surface area contributed by atoms with Gasteiger partial charge in [0, 0.05) is 11.4 Å². The summed E-state index contributed by atoms with van der Waals surface area (Å²) in [6.07, 6.45) is 4.21. The molecule has 0 saturated heterocycles. The van der Waals surface area contributed by atoms with Crippen molar-refractivity contribution in [1.82, 2.24) is 10.2 Å². The summed E-state index contributed by atoms with van der Waals surface area (Å²) in [5, 5.41) is 26.9. The van der Waals surface area contributed by atoms with E-state index in [-0.39, 0.29) is 23.8 Å². The van der Waals surface area contributed by atoms with Crippen LogP contribution in [0.15, 0.2) is 52.9 Å². The van der Waals surface area contributed by atoms with E-state index in [2.05, 4.69) is 25.6 Å². The number of nitrogens with one attached hydrogen (secondary N) is 2. The number of halogens is 2. The second kappa shape index (κ2) is 12.9. The maximum Gasteiger partial charge on any atom is 0.503 e. The van der Waals surface area contributed by atoms with Crippen molar-refractivity contribution in [3.05, 3.63) is 54.4 Å². The molecule has 11 nitrogen and oxygen atoms in total. The van der Waals surface area contributed by atoms with Crippen LogP contribution in [-0.2, 0) is 0 Å². The third kappa shape index (κ3) is 8.74. The SMILES string of the molecule is O=C(Nc1ccc(OC2CCCCC2)cc1)c1nnc(Nc2ccc(OC(F)F)cc2)o1.O=C(O)O. The summed E-state index contributed by atoms with van der Waals surface area (Å²) >= 11 is 0. The highest BCUT2D eigenvalue weighted by Gasteiger charge is 2.17. The lowest BCUT2D eigenvalue weighted by Gasteiger charge is -2.23. The Morgan fingerprint density at radius 1 is 0.917 bits per heavy atom. The van der Waals surface area contributed by atoms with Crippen LogP contribution in [0.2, 0.25) is 0 Å². The number of ether oxygens (including phenoxy) is 2. The van der Waals surface area contributed by atoms with Gasteiger partial charge in [-0.1, -0.05) is 11.5 Å². The number of hydrogen-bond donors (Lipinski definition) is 4. The Balaban J connectivity index is 0.000000840. The average molecular weight is 506 g/mol. The molecular formula is C23H24F2N4O7. The zero-order valence-corrected chi connectivity index (χ0v) is 18.9. The quantitative estimate of drug-likeness (QED) is 0.303. The summed E-state index contributed by atoms with van der Waals surface area (Å²) in [5.74, 6) is -0.00434. The first-order valence-corrected chi connectivity index (χ1v) is 10.9. The van der Waals surface area contributed by atoms with Crippen LogP contribution in [0.5, 0.6) is 11.5 Å². The molecule has 3 aromatic rings. The maximum absolute atomic E-state index is 12.4. The van der Waals surface area contributed by atoms with Crippen molar-refractivity contribution in [2.75, 3.05) is 10.6 Å². The van der Waals surface area contributed by atoms with Crippen molar-refractivity contribution in [2.45, 2.75) is 44.8 Å².